The lowest BCUT2D eigenvalue weighted by atomic mass is 9.91. The third-order valence-corrected chi connectivity index (χ3v) is 9.71. The molecule has 0 saturated carbocycles. The van der Waals surface area contributed by atoms with E-state index in [0.29, 0.717) is 5.82 Å². The first kappa shape index (κ1) is 29.0. The molecular formula is C47H29N3O. The summed E-state index contributed by atoms with van der Waals surface area (Å²) in [5, 5.41) is 5.61. The Balaban J connectivity index is 1.12. The topological polar surface area (TPSA) is 51.8 Å². The molecule has 10 aromatic rings. The zero-order valence-electron chi connectivity index (χ0n) is 27.5. The van der Waals surface area contributed by atoms with E-state index >= 15 is 0 Å². The standard InChI is InChI=1S/C47H29N3O/c1-2-12-30(13-3-1)43-29-44(50-47(49-43)42-27-24-31-14-4-8-22-41(31)48-42)38-26-25-34(36-17-5-6-18-37(36)38)32-15-10-16-33(28-32)35-20-11-21-40-39-19-7-9-23-45(39)51-46(35)40/h1-29H. The first-order valence-electron chi connectivity index (χ1n) is 17.1. The summed E-state index contributed by atoms with van der Waals surface area (Å²) in [6, 6.07) is 61.0. The van der Waals surface area contributed by atoms with Crippen LogP contribution < -0.4 is 0 Å². The SMILES string of the molecule is c1ccc(-c2cc(-c3ccc(-c4cccc(-c5cccc6c5oc5ccccc56)c4)c4ccccc34)nc(-c3ccc4ccccc4n3)n2)cc1. The summed E-state index contributed by atoms with van der Waals surface area (Å²) in [5.41, 5.74) is 11.7. The van der Waals surface area contributed by atoms with Crippen LogP contribution in [0.1, 0.15) is 0 Å². The third-order valence-electron chi connectivity index (χ3n) is 9.71. The normalized spacial score (nSPS) is 11.5. The molecule has 3 heterocycles. The highest BCUT2D eigenvalue weighted by Gasteiger charge is 2.17. The zero-order valence-corrected chi connectivity index (χ0v) is 27.5. The van der Waals surface area contributed by atoms with Gasteiger partial charge in [0.2, 0.25) is 0 Å². The Kier molecular flexibility index (Phi) is 6.78. The van der Waals surface area contributed by atoms with Crippen molar-refractivity contribution in [3.63, 3.8) is 0 Å². The summed E-state index contributed by atoms with van der Waals surface area (Å²) in [5.74, 6) is 0.595. The predicted octanol–water partition coefficient (Wildman–Crippen LogP) is 12.4. The van der Waals surface area contributed by atoms with Gasteiger partial charge in [0.15, 0.2) is 5.82 Å². The second kappa shape index (κ2) is 11.9. The van der Waals surface area contributed by atoms with Crippen LogP contribution in [0.25, 0.3) is 99.9 Å². The maximum atomic E-state index is 6.41. The van der Waals surface area contributed by atoms with Gasteiger partial charge in [-0.25, -0.2) is 15.0 Å². The molecule has 0 bridgehead atoms. The molecule has 0 fully saturated rings. The predicted molar refractivity (Wildman–Crippen MR) is 209 cm³/mol. The van der Waals surface area contributed by atoms with E-state index in [-0.39, 0.29) is 0 Å². The van der Waals surface area contributed by atoms with Crippen molar-refractivity contribution in [1.82, 2.24) is 15.0 Å². The molecule has 0 spiro atoms. The van der Waals surface area contributed by atoms with Crippen molar-refractivity contribution in [1.29, 1.82) is 0 Å². The van der Waals surface area contributed by atoms with E-state index in [1.807, 2.05) is 54.6 Å². The molecular weight excluding hydrogens is 623 g/mol. The fourth-order valence-electron chi connectivity index (χ4n) is 7.25. The zero-order chi connectivity index (χ0) is 33.7. The van der Waals surface area contributed by atoms with E-state index in [0.717, 1.165) is 94.1 Å². The Morgan fingerprint density at radius 2 is 1.00 bits per heavy atom. The van der Waals surface area contributed by atoms with Crippen LogP contribution >= 0.6 is 0 Å². The molecule has 0 saturated heterocycles. The van der Waals surface area contributed by atoms with Gasteiger partial charge in [0.25, 0.3) is 0 Å². The molecule has 238 valence electrons. The summed E-state index contributed by atoms with van der Waals surface area (Å²) in [6.07, 6.45) is 0. The maximum Gasteiger partial charge on any atom is 0.179 e. The molecule has 0 aliphatic heterocycles. The molecule has 0 aliphatic carbocycles. The Morgan fingerprint density at radius 3 is 1.88 bits per heavy atom. The van der Waals surface area contributed by atoms with Gasteiger partial charge in [-0.2, -0.15) is 0 Å². The highest BCUT2D eigenvalue weighted by atomic mass is 16.3. The lowest BCUT2D eigenvalue weighted by Gasteiger charge is -2.14. The van der Waals surface area contributed by atoms with Crippen LogP contribution in [0.5, 0.6) is 0 Å². The van der Waals surface area contributed by atoms with Gasteiger partial charge in [0.05, 0.1) is 16.9 Å². The number of fused-ring (bicyclic) bond motifs is 5. The summed E-state index contributed by atoms with van der Waals surface area (Å²) < 4.78 is 6.41. The lowest BCUT2D eigenvalue weighted by molar-refractivity contribution is 0.670. The largest absolute Gasteiger partial charge is 0.455 e. The first-order chi connectivity index (χ1) is 25.3. The van der Waals surface area contributed by atoms with Crippen molar-refractivity contribution in [2.45, 2.75) is 0 Å². The molecule has 4 heteroatoms. The van der Waals surface area contributed by atoms with E-state index < -0.39 is 0 Å². The van der Waals surface area contributed by atoms with Gasteiger partial charge in [-0.15, -0.1) is 0 Å². The average Bonchev–Trinajstić information content (AvgIpc) is 3.59. The molecule has 0 atom stereocenters. The smallest absolute Gasteiger partial charge is 0.179 e. The van der Waals surface area contributed by atoms with Crippen LogP contribution in [0.15, 0.2) is 180 Å². The van der Waals surface area contributed by atoms with E-state index in [1.54, 1.807) is 0 Å². The van der Waals surface area contributed by atoms with Crippen molar-refractivity contribution in [3.8, 4) is 56.3 Å². The molecule has 51 heavy (non-hydrogen) atoms. The van der Waals surface area contributed by atoms with E-state index in [1.165, 1.54) is 0 Å². The minimum absolute atomic E-state index is 0.595. The van der Waals surface area contributed by atoms with Crippen LogP contribution in [-0.4, -0.2) is 15.0 Å². The monoisotopic (exact) mass is 651 g/mol. The summed E-state index contributed by atoms with van der Waals surface area (Å²) in [7, 11) is 0. The number of pyridine rings is 1. The quantitative estimate of drug-likeness (QED) is 0.186. The fraction of sp³-hybridized carbons (Fsp3) is 0. The number of benzene rings is 7. The number of rotatable bonds is 5. The van der Waals surface area contributed by atoms with E-state index in [2.05, 4.69) is 121 Å². The van der Waals surface area contributed by atoms with Gasteiger partial charge in [-0.05, 0) is 57.8 Å². The van der Waals surface area contributed by atoms with Crippen LogP contribution in [0.2, 0.25) is 0 Å². The molecule has 0 radical (unpaired) electrons. The highest BCUT2D eigenvalue weighted by Crippen LogP contribution is 2.40. The number of hydrogen-bond donors (Lipinski definition) is 0. The molecule has 0 amide bonds. The number of furan rings is 1. The summed E-state index contributed by atoms with van der Waals surface area (Å²) in [4.78, 5) is 15.2. The Hall–Kier alpha value is -6.91. The molecule has 10 rings (SSSR count). The van der Waals surface area contributed by atoms with E-state index in [4.69, 9.17) is 19.4 Å². The first-order valence-corrected chi connectivity index (χ1v) is 17.1. The van der Waals surface area contributed by atoms with Gasteiger partial charge in [-0.3, -0.25) is 0 Å². The second-order valence-electron chi connectivity index (χ2n) is 12.8. The molecule has 4 nitrogen and oxygen atoms in total. The van der Waals surface area contributed by atoms with Crippen LogP contribution in [0, 0.1) is 0 Å². The number of hydrogen-bond acceptors (Lipinski definition) is 4. The van der Waals surface area contributed by atoms with Crippen LogP contribution in [-0.2, 0) is 0 Å². The van der Waals surface area contributed by atoms with Crippen molar-refractivity contribution in [2.24, 2.45) is 0 Å². The van der Waals surface area contributed by atoms with Gasteiger partial charge < -0.3 is 4.42 Å². The number of para-hydroxylation sites is 3. The second-order valence-corrected chi connectivity index (χ2v) is 12.8. The number of aromatic nitrogens is 3. The molecule has 3 aromatic heterocycles. The maximum absolute atomic E-state index is 6.41. The summed E-state index contributed by atoms with van der Waals surface area (Å²) in [6.45, 7) is 0. The number of nitrogens with zero attached hydrogens (tertiary/aromatic N) is 3. The third kappa shape index (κ3) is 5.04. The Bertz CT molecular complexity index is 2930. The molecule has 0 unspecified atom stereocenters. The lowest BCUT2D eigenvalue weighted by Crippen LogP contribution is -1.98. The van der Waals surface area contributed by atoms with Crippen molar-refractivity contribution in [2.75, 3.05) is 0 Å². The van der Waals surface area contributed by atoms with E-state index in [9.17, 15) is 0 Å². The van der Waals surface area contributed by atoms with Crippen molar-refractivity contribution in [3.05, 3.63) is 176 Å². The van der Waals surface area contributed by atoms with Crippen molar-refractivity contribution < 1.29 is 4.42 Å². The minimum atomic E-state index is 0.595. The fourth-order valence-corrected chi connectivity index (χ4v) is 7.25. The Morgan fingerprint density at radius 1 is 0.353 bits per heavy atom. The minimum Gasteiger partial charge on any atom is -0.455 e. The van der Waals surface area contributed by atoms with Crippen LogP contribution in [0.3, 0.4) is 0 Å². The van der Waals surface area contributed by atoms with Crippen molar-refractivity contribution >= 4 is 43.6 Å². The molecule has 7 aromatic carbocycles. The Labute approximate surface area is 294 Å². The highest BCUT2D eigenvalue weighted by molar-refractivity contribution is 6.10. The molecule has 0 aliphatic rings. The van der Waals surface area contributed by atoms with Gasteiger partial charge in [-0.1, -0.05) is 146 Å². The average molecular weight is 652 g/mol. The molecule has 0 N–H and O–H groups in total. The van der Waals surface area contributed by atoms with Gasteiger partial charge in [0, 0.05) is 32.8 Å². The van der Waals surface area contributed by atoms with Gasteiger partial charge in [0.1, 0.15) is 16.9 Å². The summed E-state index contributed by atoms with van der Waals surface area (Å²) >= 11 is 0. The van der Waals surface area contributed by atoms with Crippen LogP contribution in [0.4, 0.5) is 0 Å². The van der Waals surface area contributed by atoms with Gasteiger partial charge >= 0.3 is 0 Å².